The zero-order valence-electron chi connectivity index (χ0n) is 13.7. The minimum Gasteiger partial charge on any atom is -0.371 e. The molecule has 3 rings (SSSR count). The molecule has 0 aromatic heterocycles. The number of ether oxygens (including phenoxy) is 2. The van der Waals surface area contributed by atoms with Crippen molar-refractivity contribution >= 4 is 15.7 Å². The van der Waals surface area contributed by atoms with E-state index in [0.717, 1.165) is 12.8 Å². The van der Waals surface area contributed by atoms with Crippen molar-refractivity contribution in [1.82, 2.24) is 4.90 Å². The highest BCUT2D eigenvalue weighted by Gasteiger charge is 2.42. The molecule has 0 N–H and O–H groups in total. The largest absolute Gasteiger partial charge is 0.371 e. The van der Waals surface area contributed by atoms with E-state index in [1.807, 2.05) is 0 Å². The molecule has 0 aromatic carbocycles. The zero-order valence-corrected chi connectivity index (χ0v) is 14.5. The lowest BCUT2D eigenvalue weighted by Crippen LogP contribution is -2.57. The number of sulfone groups is 1. The normalized spacial score (nSPS) is 27.9. The Hall–Kier alpha value is -0.660. The number of carbonyl (C=O) groups is 1. The van der Waals surface area contributed by atoms with Gasteiger partial charge in [-0.1, -0.05) is 19.3 Å². The van der Waals surface area contributed by atoms with Crippen LogP contribution in [0.2, 0.25) is 0 Å². The molecule has 0 atom stereocenters. The molecule has 2 saturated heterocycles. The van der Waals surface area contributed by atoms with E-state index in [-0.39, 0.29) is 30.1 Å². The Morgan fingerprint density at radius 2 is 1.87 bits per heavy atom. The maximum atomic E-state index is 12.4. The number of carbonyl (C=O) groups excluding carboxylic acids is 1. The Balaban J connectivity index is 1.50. The van der Waals surface area contributed by atoms with Crippen molar-refractivity contribution in [2.45, 2.75) is 56.7 Å². The topological polar surface area (TPSA) is 72.9 Å². The van der Waals surface area contributed by atoms with Crippen LogP contribution in [0.25, 0.3) is 0 Å². The van der Waals surface area contributed by atoms with Crippen LogP contribution in [0.1, 0.15) is 44.9 Å². The third kappa shape index (κ3) is 4.45. The Kier molecular flexibility index (Phi) is 5.28. The second-order valence-electron chi connectivity index (χ2n) is 7.07. The molecule has 0 aromatic rings. The first-order chi connectivity index (χ1) is 11.0. The van der Waals surface area contributed by atoms with Gasteiger partial charge in [-0.25, -0.2) is 8.42 Å². The first-order valence-electron chi connectivity index (χ1n) is 8.72. The second kappa shape index (κ2) is 7.07. The van der Waals surface area contributed by atoms with Crippen LogP contribution >= 0.6 is 0 Å². The Morgan fingerprint density at radius 3 is 2.57 bits per heavy atom. The fourth-order valence-electron chi connectivity index (χ4n) is 3.78. The van der Waals surface area contributed by atoms with Gasteiger partial charge in [-0.2, -0.15) is 0 Å². The standard InChI is InChI=1S/C16H27NO5S/c18-15(12-21-14-4-2-1-3-5-14)17-8-9-22-16(13-17)6-10-23(19,20)11-7-16/h14H,1-13H2. The lowest BCUT2D eigenvalue weighted by atomic mass is 9.94. The molecule has 1 spiro atoms. The highest BCUT2D eigenvalue weighted by Crippen LogP contribution is 2.31. The molecular formula is C16H27NO5S. The molecule has 0 radical (unpaired) electrons. The van der Waals surface area contributed by atoms with Crippen LogP contribution in [0.3, 0.4) is 0 Å². The summed E-state index contributed by atoms with van der Waals surface area (Å²) in [6.07, 6.45) is 6.95. The van der Waals surface area contributed by atoms with Crippen molar-refractivity contribution in [3.8, 4) is 0 Å². The first kappa shape index (κ1) is 17.2. The maximum Gasteiger partial charge on any atom is 0.248 e. The molecule has 7 heteroatoms. The summed E-state index contributed by atoms with van der Waals surface area (Å²) < 4.78 is 34.9. The van der Waals surface area contributed by atoms with E-state index >= 15 is 0 Å². The second-order valence-corrected chi connectivity index (χ2v) is 9.37. The predicted octanol–water partition coefficient (Wildman–Crippen LogP) is 1.14. The quantitative estimate of drug-likeness (QED) is 0.767. The molecule has 0 bridgehead atoms. The fourth-order valence-corrected chi connectivity index (χ4v) is 5.35. The van der Waals surface area contributed by atoms with E-state index in [0.29, 0.717) is 32.5 Å². The molecule has 2 aliphatic heterocycles. The predicted molar refractivity (Wildman–Crippen MR) is 86.0 cm³/mol. The van der Waals surface area contributed by atoms with Crippen molar-refractivity contribution in [3.05, 3.63) is 0 Å². The minimum absolute atomic E-state index is 0.00618. The summed E-state index contributed by atoms with van der Waals surface area (Å²) in [6, 6.07) is 0. The monoisotopic (exact) mass is 345 g/mol. The maximum absolute atomic E-state index is 12.4. The number of rotatable bonds is 3. The minimum atomic E-state index is -2.93. The highest BCUT2D eigenvalue weighted by molar-refractivity contribution is 7.91. The summed E-state index contributed by atoms with van der Waals surface area (Å²) in [5.41, 5.74) is -0.468. The first-order valence-corrected chi connectivity index (χ1v) is 10.5. The van der Waals surface area contributed by atoms with Crippen molar-refractivity contribution in [1.29, 1.82) is 0 Å². The van der Waals surface area contributed by atoms with Gasteiger partial charge in [-0.3, -0.25) is 4.79 Å². The summed E-state index contributed by atoms with van der Waals surface area (Å²) in [7, 11) is -2.93. The van der Waals surface area contributed by atoms with Crippen LogP contribution < -0.4 is 0 Å². The van der Waals surface area contributed by atoms with Gasteiger partial charge in [0.1, 0.15) is 6.61 Å². The number of morpholine rings is 1. The van der Waals surface area contributed by atoms with Gasteiger partial charge in [0.2, 0.25) is 5.91 Å². The van der Waals surface area contributed by atoms with Crippen LogP contribution in [0.4, 0.5) is 0 Å². The van der Waals surface area contributed by atoms with Gasteiger partial charge in [-0.05, 0) is 25.7 Å². The summed E-state index contributed by atoms with van der Waals surface area (Å²) in [4.78, 5) is 14.2. The summed E-state index contributed by atoms with van der Waals surface area (Å²) >= 11 is 0. The molecule has 23 heavy (non-hydrogen) atoms. The molecule has 3 fully saturated rings. The molecule has 0 unspecified atom stereocenters. The fraction of sp³-hybridized carbons (Fsp3) is 0.938. The molecule has 6 nitrogen and oxygen atoms in total. The van der Waals surface area contributed by atoms with Crippen molar-refractivity contribution in [2.24, 2.45) is 0 Å². The Labute approximate surface area is 138 Å². The van der Waals surface area contributed by atoms with Crippen LogP contribution in [-0.4, -0.2) is 68.7 Å². The molecule has 2 heterocycles. The number of amides is 1. The van der Waals surface area contributed by atoms with Gasteiger partial charge in [-0.15, -0.1) is 0 Å². The SMILES string of the molecule is O=C(COC1CCCCC1)N1CCOC2(CCS(=O)(=O)CC2)C1. The van der Waals surface area contributed by atoms with E-state index in [1.165, 1.54) is 19.3 Å². The van der Waals surface area contributed by atoms with E-state index < -0.39 is 15.4 Å². The highest BCUT2D eigenvalue weighted by atomic mass is 32.2. The van der Waals surface area contributed by atoms with Gasteiger partial charge in [0.25, 0.3) is 0 Å². The van der Waals surface area contributed by atoms with Gasteiger partial charge in [0, 0.05) is 13.1 Å². The van der Waals surface area contributed by atoms with E-state index in [9.17, 15) is 13.2 Å². The van der Waals surface area contributed by atoms with E-state index in [2.05, 4.69) is 0 Å². The number of hydrogen-bond donors (Lipinski definition) is 0. The van der Waals surface area contributed by atoms with Crippen LogP contribution in [0.5, 0.6) is 0 Å². The van der Waals surface area contributed by atoms with Gasteiger partial charge < -0.3 is 14.4 Å². The van der Waals surface area contributed by atoms with E-state index in [4.69, 9.17) is 9.47 Å². The lowest BCUT2D eigenvalue weighted by molar-refractivity contribution is -0.158. The third-order valence-corrected chi connectivity index (χ3v) is 6.99. The molecule has 1 aliphatic carbocycles. The molecule has 1 saturated carbocycles. The van der Waals surface area contributed by atoms with Crippen molar-refractivity contribution in [3.63, 3.8) is 0 Å². The average molecular weight is 345 g/mol. The van der Waals surface area contributed by atoms with Crippen LogP contribution in [0, 0.1) is 0 Å². The van der Waals surface area contributed by atoms with Gasteiger partial charge in [0.05, 0.1) is 29.8 Å². The summed E-state index contributed by atoms with van der Waals surface area (Å²) in [5, 5.41) is 0. The van der Waals surface area contributed by atoms with E-state index in [1.54, 1.807) is 4.90 Å². The smallest absolute Gasteiger partial charge is 0.248 e. The summed E-state index contributed by atoms with van der Waals surface area (Å²) in [6.45, 7) is 1.69. The lowest BCUT2D eigenvalue weighted by Gasteiger charge is -2.44. The van der Waals surface area contributed by atoms with Gasteiger partial charge in [0.15, 0.2) is 9.84 Å². The van der Waals surface area contributed by atoms with Gasteiger partial charge >= 0.3 is 0 Å². The number of nitrogens with zero attached hydrogens (tertiary/aromatic N) is 1. The van der Waals surface area contributed by atoms with Crippen molar-refractivity contribution in [2.75, 3.05) is 37.8 Å². The molecule has 132 valence electrons. The molecule has 1 amide bonds. The van der Waals surface area contributed by atoms with Crippen LogP contribution in [-0.2, 0) is 24.1 Å². The molecule has 3 aliphatic rings. The zero-order chi connectivity index (χ0) is 16.3. The third-order valence-electron chi connectivity index (χ3n) is 5.33. The van der Waals surface area contributed by atoms with Crippen molar-refractivity contribution < 1.29 is 22.7 Å². The number of hydrogen-bond acceptors (Lipinski definition) is 5. The Morgan fingerprint density at radius 1 is 1.17 bits per heavy atom. The summed E-state index contributed by atoms with van der Waals surface area (Å²) in [5.74, 6) is 0.327. The molecular weight excluding hydrogens is 318 g/mol. The average Bonchev–Trinajstić information content (AvgIpc) is 2.57. The van der Waals surface area contributed by atoms with Crippen LogP contribution in [0.15, 0.2) is 0 Å². The Bertz CT molecular complexity index is 513.